The van der Waals surface area contributed by atoms with Crippen molar-refractivity contribution in [1.29, 1.82) is 0 Å². The number of amides is 1. The molecule has 6 rings (SSSR count). The zero-order chi connectivity index (χ0) is 18.7. The summed E-state index contributed by atoms with van der Waals surface area (Å²) in [6.07, 6.45) is 9.25. The number of ether oxygens (including phenoxy) is 2. The minimum atomic E-state index is 0.273. The second kappa shape index (κ2) is 6.51. The normalized spacial score (nSPS) is 35.6. The Kier molecular flexibility index (Phi) is 3.93. The summed E-state index contributed by atoms with van der Waals surface area (Å²) >= 11 is 0. The van der Waals surface area contributed by atoms with Gasteiger partial charge in [0.1, 0.15) is 0 Å². The van der Waals surface area contributed by atoms with E-state index in [-0.39, 0.29) is 12.7 Å². The maximum Gasteiger partial charge on any atom is 0.250 e. The maximum absolute atomic E-state index is 13.4. The number of carbonyl (C=O) groups excluding carboxylic acids is 1. The van der Waals surface area contributed by atoms with Crippen molar-refractivity contribution < 1.29 is 14.3 Å². The SMILES string of the molecule is O=C1/C(=C/c2ccc3c(c2)OCO3)CC[C@@H]2[C@H]3CCCN4CCC[C@H](CN12)[C@@H]34. The standard InChI is InChI=1S/C23H28N2O3/c26-23-16(11-15-5-8-20-21(12-15)28-14-27-20)6-7-19-18-4-2-10-24-9-1-3-17(22(18)24)13-25(19)23/h5,8,11-12,17-19,22H,1-4,6-7,9-10,13-14H2/b16-11+/t17-,18-,19-,22+/m1/s1. The molecule has 28 heavy (non-hydrogen) atoms. The third-order valence-electron chi connectivity index (χ3n) is 7.65. The Morgan fingerprint density at radius 2 is 1.89 bits per heavy atom. The largest absolute Gasteiger partial charge is 0.454 e. The highest BCUT2D eigenvalue weighted by atomic mass is 16.7. The molecule has 0 saturated carbocycles. The van der Waals surface area contributed by atoms with Gasteiger partial charge in [-0.2, -0.15) is 0 Å². The van der Waals surface area contributed by atoms with Gasteiger partial charge in [-0.3, -0.25) is 9.69 Å². The average Bonchev–Trinajstić information content (AvgIpc) is 3.19. The van der Waals surface area contributed by atoms with Gasteiger partial charge in [0.25, 0.3) is 0 Å². The van der Waals surface area contributed by atoms with E-state index in [1.54, 1.807) is 0 Å². The molecular formula is C23H28N2O3. The summed E-state index contributed by atoms with van der Waals surface area (Å²) in [4.78, 5) is 18.4. The van der Waals surface area contributed by atoms with Crippen LogP contribution in [-0.4, -0.2) is 54.2 Å². The number of hydrogen-bond donors (Lipinski definition) is 0. The molecule has 148 valence electrons. The van der Waals surface area contributed by atoms with Gasteiger partial charge in [-0.25, -0.2) is 0 Å². The van der Waals surface area contributed by atoms with Crippen LogP contribution in [0.15, 0.2) is 23.8 Å². The fourth-order valence-corrected chi connectivity index (χ4v) is 6.53. The highest BCUT2D eigenvalue weighted by Gasteiger charge is 2.51. The quantitative estimate of drug-likeness (QED) is 0.701. The molecule has 4 fully saturated rings. The number of fused-ring (bicyclic) bond motifs is 3. The molecule has 5 aliphatic rings. The van der Waals surface area contributed by atoms with Crippen LogP contribution in [0.4, 0.5) is 0 Å². The molecule has 1 aromatic rings. The zero-order valence-corrected chi connectivity index (χ0v) is 16.3. The van der Waals surface area contributed by atoms with Gasteiger partial charge in [0.15, 0.2) is 11.5 Å². The van der Waals surface area contributed by atoms with E-state index in [1.165, 1.54) is 38.8 Å². The van der Waals surface area contributed by atoms with Gasteiger partial charge in [-0.1, -0.05) is 6.07 Å². The minimum Gasteiger partial charge on any atom is -0.454 e. The molecule has 0 unspecified atom stereocenters. The molecule has 0 radical (unpaired) electrons. The Bertz CT molecular complexity index is 833. The molecule has 5 aliphatic heterocycles. The molecule has 0 aromatic heterocycles. The van der Waals surface area contributed by atoms with E-state index in [4.69, 9.17) is 9.47 Å². The summed E-state index contributed by atoms with van der Waals surface area (Å²) in [5.41, 5.74) is 1.99. The van der Waals surface area contributed by atoms with Crippen molar-refractivity contribution in [2.45, 2.75) is 50.6 Å². The molecule has 0 bridgehead atoms. The van der Waals surface area contributed by atoms with E-state index < -0.39 is 0 Å². The molecule has 1 aromatic carbocycles. The zero-order valence-electron chi connectivity index (χ0n) is 16.3. The minimum absolute atomic E-state index is 0.273. The third kappa shape index (κ3) is 2.59. The maximum atomic E-state index is 13.4. The van der Waals surface area contributed by atoms with Crippen LogP contribution in [-0.2, 0) is 4.79 Å². The highest BCUT2D eigenvalue weighted by molar-refractivity contribution is 5.99. The molecule has 4 saturated heterocycles. The van der Waals surface area contributed by atoms with E-state index >= 15 is 0 Å². The molecule has 5 heteroatoms. The Morgan fingerprint density at radius 3 is 2.82 bits per heavy atom. The van der Waals surface area contributed by atoms with Crippen LogP contribution in [0.2, 0.25) is 0 Å². The molecule has 0 N–H and O–H groups in total. The molecule has 5 heterocycles. The van der Waals surface area contributed by atoms with Crippen LogP contribution in [0, 0.1) is 11.8 Å². The van der Waals surface area contributed by atoms with Crippen LogP contribution in [0.1, 0.15) is 44.1 Å². The van der Waals surface area contributed by atoms with Crippen molar-refractivity contribution >= 4 is 12.0 Å². The van der Waals surface area contributed by atoms with Gasteiger partial charge in [-0.15, -0.1) is 0 Å². The number of nitrogens with zero attached hydrogens (tertiary/aromatic N) is 2. The monoisotopic (exact) mass is 380 g/mol. The van der Waals surface area contributed by atoms with E-state index in [1.807, 2.05) is 18.2 Å². The van der Waals surface area contributed by atoms with Gasteiger partial charge >= 0.3 is 0 Å². The Hall–Kier alpha value is -2.01. The van der Waals surface area contributed by atoms with Gasteiger partial charge in [-0.05, 0) is 87.2 Å². The lowest BCUT2D eigenvalue weighted by atomic mass is 9.67. The first-order valence-electron chi connectivity index (χ1n) is 10.9. The van der Waals surface area contributed by atoms with Crippen molar-refractivity contribution in [1.82, 2.24) is 9.80 Å². The lowest BCUT2D eigenvalue weighted by Gasteiger charge is -2.58. The van der Waals surface area contributed by atoms with Crippen molar-refractivity contribution in [3.8, 4) is 11.5 Å². The van der Waals surface area contributed by atoms with E-state index in [9.17, 15) is 4.79 Å². The topological polar surface area (TPSA) is 42.0 Å². The summed E-state index contributed by atoms with van der Waals surface area (Å²) in [6.45, 7) is 3.78. The van der Waals surface area contributed by atoms with E-state index in [0.717, 1.165) is 48.1 Å². The number of carbonyl (C=O) groups is 1. The van der Waals surface area contributed by atoms with Crippen LogP contribution < -0.4 is 9.47 Å². The van der Waals surface area contributed by atoms with Crippen LogP contribution in [0.3, 0.4) is 0 Å². The third-order valence-corrected chi connectivity index (χ3v) is 7.65. The molecule has 5 nitrogen and oxygen atoms in total. The second-order valence-corrected chi connectivity index (χ2v) is 9.08. The molecule has 0 spiro atoms. The van der Waals surface area contributed by atoms with Crippen molar-refractivity contribution in [2.75, 3.05) is 26.4 Å². The van der Waals surface area contributed by atoms with Gasteiger partial charge in [0.05, 0.1) is 0 Å². The van der Waals surface area contributed by atoms with Crippen molar-refractivity contribution in [2.24, 2.45) is 11.8 Å². The summed E-state index contributed by atoms with van der Waals surface area (Å²) in [6, 6.07) is 7.13. The lowest BCUT2D eigenvalue weighted by Crippen LogP contribution is -2.66. The van der Waals surface area contributed by atoms with Gasteiger partial charge in [0.2, 0.25) is 12.7 Å². The van der Waals surface area contributed by atoms with E-state index in [2.05, 4.69) is 15.9 Å². The summed E-state index contributed by atoms with van der Waals surface area (Å²) < 4.78 is 10.9. The first-order valence-corrected chi connectivity index (χ1v) is 10.9. The first kappa shape index (κ1) is 16.9. The summed E-state index contributed by atoms with van der Waals surface area (Å²) in [7, 11) is 0. The van der Waals surface area contributed by atoms with Gasteiger partial charge in [0, 0.05) is 24.2 Å². The fourth-order valence-electron chi connectivity index (χ4n) is 6.53. The summed E-state index contributed by atoms with van der Waals surface area (Å²) in [5.74, 6) is 3.20. The second-order valence-electron chi connectivity index (χ2n) is 9.08. The van der Waals surface area contributed by atoms with Gasteiger partial charge < -0.3 is 14.4 Å². The fraction of sp³-hybridized carbons (Fsp3) is 0.609. The van der Waals surface area contributed by atoms with Crippen LogP contribution >= 0.6 is 0 Å². The molecule has 0 aliphatic carbocycles. The number of benzene rings is 1. The van der Waals surface area contributed by atoms with E-state index in [0.29, 0.717) is 17.9 Å². The van der Waals surface area contributed by atoms with Crippen molar-refractivity contribution in [3.63, 3.8) is 0 Å². The smallest absolute Gasteiger partial charge is 0.250 e. The predicted octanol–water partition coefficient (Wildman–Crippen LogP) is 3.29. The Labute approximate surface area is 166 Å². The highest BCUT2D eigenvalue weighted by Crippen LogP contribution is 2.45. The summed E-state index contributed by atoms with van der Waals surface area (Å²) in [5, 5.41) is 0. The number of hydrogen-bond acceptors (Lipinski definition) is 4. The Morgan fingerprint density at radius 1 is 1.04 bits per heavy atom. The average molecular weight is 380 g/mol. The molecule has 1 amide bonds. The first-order chi connectivity index (χ1) is 13.8. The van der Waals surface area contributed by atoms with Crippen LogP contribution in [0.25, 0.3) is 6.08 Å². The van der Waals surface area contributed by atoms with Crippen LogP contribution in [0.5, 0.6) is 11.5 Å². The number of piperidine rings is 4. The molecular weight excluding hydrogens is 352 g/mol. The number of rotatable bonds is 1. The lowest BCUT2D eigenvalue weighted by molar-refractivity contribution is -0.145. The predicted molar refractivity (Wildman–Crippen MR) is 106 cm³/mol. The molecule has 4 atom stereocenters. The Balaban J connectivity index is 1.27. The van der Waals surface area contributed by atoms with Crippen molar-refractivity contribution in [3.05, 3.63) is 29.3 Å².